The summed E-state index contributed by atoms with van der Waals surface area (Å²) in [6.07, 6.45) is 1.27. The van der Waals surface area contributed by atoms with Gasteiger partial charge in [-0.2, -0.15) is 5.26 Å². The van der Waals surface area contributed by atoms with Crippen LogP contribution in [0.5, 0.6) is 0 Å². The van der Waals surface area contributed by atoms with Crippen LogP contribution >= 0.6 is 27.5 Å². The highest BCUT2D eigenvalue weighted by Crippen LogP contribution is 2.27. The monoisotopic (exact) mass is 434 g/mol. The minimum Gasteiger partial charge on any atom is -0.360 e. The van der Waals surface area contributed by atoms with E-state index in [0.717, 1.165) is 21.8 Å². The average molecular weight is 436 g/mol. The Morgan fingerprint density at radius 1 is 1.35 bits per heavy atom. The summed E-state index contributed by atoms with van der Waals surface area (Å²) in [5, 5.41) is 25.4. The molecule has 26 heavy (non-hydrogen) atoms. The zero-order chi connectivity index (χ0) is 19.3. The summed E-state index contributed by atoms with van der Waals surface area (Å²) in [7, 11) is 0. The molecule has 0 saturated heterocycles. The molecule has 0 unspecified atom stereocenters. The Kier molecular flexibility index (Phi) is 6.33. The summed E-state index contributed by atoms with van der Waals surface area (Å²) in [6, 6.07) is 11.1. The van der Waals surface area contributed by atoms with Gasteiger partial charge >= 0.3 is 0 Å². The van der Waals surface area contributed by atoms with E-state index in [4.69, 9.17) is 11.6 Å². The zero-order valence-corrected chi connectivity index (χ0v) is 15.8. The third-order valence-electron chi connectivity index (χ3n) is 3.33. The van der Waals surface area contributed by atoms with E-state index in [2.05, 4.69) is 26.6 Å². The maximum absolute atomic E-state index is 12.2. The van der Waals surface area contributed by atoms with Crippen molar-refractivity contribution in [2.75, 3.05) is 10.6 Å². The highest BCUT2D eigenvalue weighted by Gasteiger charge is 2.15. The molecule has 0 saturated carbocycles. The van der Waals surface area contributed by atoms with Gasteiger partial charge in [0.2, 0.25) is 0 Å². The molecule has 0 aromatic heterocycles. The summed E-state index contributed by atoms with van der Waals surface area (Å²) < 4.78 is 0.909. The van der Waals surface area contributed by atoms with Crippen molar-refractivity contribution < 1.29 is 9.72 Å². The number of hydrogen-bond acceptors (Lipinski definition) is 5. The summed E-state index contributed by atoms with van der Waals surface area (Å²) in [4.78, 5) is 22.5. The molecule has 0 bridgehead atoms. The Balaban J connectivity index is 2.17. The molecule has 0 heterocycles. The number of nitro groups is 1. The van der Waals surface area contributed by atoms with Crippen molar-refractivity contribution in [3.63, 3.8) is 0 Å². The Hall–Kier alpha value is -2.89. The van der Waals surface area contributed by atoms with Crippen LogP contribution in [-0.2, 0) is 4.79 Å². The summed E-state index contributed by atoms with van der Waals surface area (Å²) in [5.41, 5.74) is 1.28. The van der Waals surface area contributed by atoms with Crippen LogP contribution in [0.3, 0.4) is 0 Å². The first-order valence-electron chi connectivity index (χ1n) is 7.20. The van der Waals surface area contributed by atoms with Crippen LogP contribution in [0, 0.1) is 28.4 Å². The van der Waals surface area contributed by atoms with Crippen LogP contribution in [0.15, 0.2) is 52.6 Å². The molecule has 2 aromatic rings. The molecular formula is C17H12BrClN4O3. The fourth-order valence-corrected chi connectivity index (χ4v) is 2.68. The van der Waals surface area contributed by atoms with Gasteiger partial charge in [-0.1, -0.05) is 27.5 Å². The molecule has 7 nitrogen and oxygen atoms in total. The molecule has 0 fully saturated rings. The van der Waals surface area contributed by atoms with Crippen molar-refractivity contribution in [3.8, 4) is 6.07 Å². The van der Waals surface area contributed by atoms with E-state index in [-0.39, 0.29) is 22.0 Å². The zero-order valence-electron chi connectivity index (χ0n) is 13.4. The number of halogens is 2. The second kappa shape index (κ2) is 8.47. The first-order chi connectivity index (χ1) is 12.3. The molecule has 0 spiro atoms. The Morgan fingerprint density at radius 2 is 2.08 bits per heavy atom. The Bertz CT molecular complexity index is 954. The highest BCUT2D eigenvalue weighted by atomic mass is 79.9. The van der Waals surface area contributed by atoms with Gasteiger partial charge in [-0.05, 0) is 42.8 Å². The van der Waals surface area contributed by atoms with Gasteiger partial charge in [-0.25, -0.2) is 0 Å². The number of carbonyl (C=O) groups is 1. The number of nitrogens with zero attached hydrogens (tertiary/aromatic N) is 2. The van der Waals surface area contributed by atoms with Crippen molar-refractivity contribution in [2.24, 2.45) is 0 Å². The summed E-state index contributed by atoms with van der Waals surface area (Å²) in [5.74, 6) is -0.702. The number of aryl methyl sites for hydroxylation is 1. The summed E-state index contributed by atoms with van der Waals surface area (Å²) >= 11 is 9.08. The minimum atomic E-state index is -0.702. The maximum atomic E-state index is 12.2. The Morgan fingerprint density at radius 3 is 2.69 bits per heavy atom. The number of rotatable bonds is 5. The standard InChI is InChI=1S/C17H12BrClN4O3/c1-10-6-12(18)2-5-15(10)21-9-11(8-20)17(24)22-13-3-4-14(19)16(7-13)23(25)26/h2-7,9,21H,1H3,(H,22,24)/b11-9-. The number of nitriles is 1. The second-order valence-electron chi connectivity index (χ2n) is 5.15. The van der Waals surface area contributed by atoms with Crippen molar-refractivity contribution in [3.05, 3.63) is 73.3 Å². The van der Waals surface area contributed by atoms with E-state index in [0.29, 0.717) is 0 Å². The third kappa shape index (κ3) is 4.81. The van der Waals surface area contributed by atoms with Gasteiger partial charge in [0.05, 0.1) is 4.92 Å². The number of hydrogen-bond donors (Lipinski definition) is 2. The fourth-order valence-electron chi connectivity index (χ4n) is 2.02. The number of amides is 1. The molecule has 2 rings (SSSR count). The number of anilines is 2. The first kappa shape index (κ1) is 19.4. The van der Waals surface area contributed by atoms with Crippen LogP contribution in [0.4, 0.5) is 17.1 Å². The van der Waals surface area contributed by atoms with Crippen LogP contribution in [0.2, 0.25) is 5.02 Å². The molecule has 2 aromatic carbocycles. The molecule has 1 amide bonds. The van der Waals surface area contributed by atoms with E-state index in [9.17, 15) is 20.2 Å². The predicted molar refractivity (Wildman–Crippen MR) is 103 cm³/mol. The quantitative estimate of drug-likeness (QED) is 0.304. The minimum absolute atomic E-state index is 0.0450. The third-order valence-corrected chi connectivity index (χ3v) is 4.14. The summed E-state index contributed by atoms with van der Waals surface area (Å²) in [6.45, 7) is 1.87. The van der Waals surface area contributed by atoms with Crippen LogP contribution in [0.25, 0.3) is 0 Å². The molecule has 9 heteroatoms. The van der Waals surface area contributed by atoms with Crippen molar-refractivity contribution in [1.82, 2.24) is 0 Å². The van der Waals surface area contributed by atoms with Crippen molar-refractivity contribution in [2.45, 2.75) is 6.92 Å². The van der Waals surface area contributed by atoms with Gasteiger partial charge < -0.3 is 10.6 Å². The van der Waals surface area contributed by atoms with E-state index in [1.165, 1.54) is 18.3 Å². The molecule has 0 atom stereocenters. The lowest BCUT2D eigenvalue weighted by Crippen LogP contribution is -2.14. The predicted octanol–water partition coefficient (Wildman–Crippen LogP) is 4.78. The molecular weight excluding hydrogens is 424 g/mol. The lowest BCUT2D eigenvalue weighted by atomic mass is 10.2. The maximum Gasteiger partial charge on any atom is 0.289 e. The molecule has 132 valence electrons. The van der Waals surface area contributed by atoms with Crippen molar-refractivity contribution >= 4 is 50.5 Å². The van der Waals surface area contributed by atoms with Gasteiger partial charge in [-0.3, -0.25) is 14.9 Å². The van der Waals surface area contributed by atoms with Crippen LogP contribution < -0.4 is 10.6 Å². The Labute approximate surface area is 162 Å². The van der Waals surface area contributed by atoms with Gasteiger partial charge in [0.25, 0.3) is 11.6 Å². The second-order valence-corrected chi connectivity index (χ2v) is 6.47. The highest BCUT2D eigenvalue weighted by molar-refractivity contribution is 9.10. The number of benzene rings is 2. The van der Waals surface area contributed by atoms with Gasteiger partial charge in [0.1, 0.15) is 16.7 Å². The molecule has 0 aliphatic carbocycles. The smallest absolute Gasteiger partial charge is 0.289 e. The molecule has 0 aliphatic rings. The van der Waals surface area contributed by atoms with Crippen LogP contribution in [0.1, 0.15) is 5.56 Å². The van der Waals surface area contributed by atoms with Crippen molar-refractivity contribution in [1.29, 1.82) is 5.26 Å². The molecule has 0 aliphatic heterocycles. The van der Waals surface area contributed by atoms with Gasteiger partial charge in [-0.15, -0.1) is 0 Å². The normalized spacial score (nSPS) is 10.8. The lowest BCUT2D eigenvalue weighted by molar-refractivity contribution is -0.384. The SMILES string of the molecule is Cc1cc(Br)ccc1N/C=C(/C#N)C(=O)Nc1ccc(Cl)c([N+](=O)[O-])c1. The van der Waals surface area contributed by atoms with E-state index < -0.39 is 10.8 Å². The largest absolute Gasteiger partial charge is 0.360 e. The number of nitrogens with one attached hydrogen (secondary N) is 2. The van der Waals surface area contributed by atoms with E-state index in [1.54, 1.807) is 12.1 Å². The van der Waals surface area contributed by atoms with Gasteiger partial charge in [0.15, 0.2) is 0 Å². The topological polar surface area (TPSA) is 108 Å². The average Bonchev–Trinajstić information content (AvgIpc) is 2.58. The van der Waals surface area contributed by atoms with E-state index in [1.807, 2.05) is 19.1 Å². The molecule has 2 N–H and O–H groups in total. The fraction of sp³-hybridized carbons (Fsp3) is 0.0588. The first-order valence-corrected chi connectivity index (χ1v) is 8.37. The number of nitro benzene ring substituents is 1. The lowest BCUT2D eigenvalue weighted by Gasteiger charge is -2.08. The van der Waals surface area contributed by atoms with Crippen LogP contribution in [-0.4, -0.2) is 10.8 Å². The van der Waals surface area contributed by atoms with Gasteiger partial charge in [0, 0.05) is 28.1 Å². The number of carbonyl (C=O) groups excluding carboxylic acids is 1. The van der Waals surface area contributed by atoms with E-state index >= 15 is 0 Å². The molecule has 0 radical (unpaired) electrons.